The third-order valence-electron chi connectivity index (χ3n) is 3.15. The predicted octanol–water partition coefficient (Wildman–Crippen LogP) is 2.18. The summed E-state index contributed by atoms with van der Waals surface area (Å²) in [5.74, 6) is -0.598. The average molecular weight is 246 g/mol. The van der Waals surface area contributed by atoms with Gasteiger partial charge in [-0.05, 0) is 12.8 Å². The van der Waals surface area contributed by atoms with Crippen molar-refractivity contribution in [1.29, 1.82) is 0 Å². The highest BCUT2D eigenvalue weighted by molar-refractivity contribution is 6.32. The smallest absolute Gasteiger partial charge is 0.163 e. The quantitative estimate of drug-likeness (QED) is 0.858. The minimum atomic E-state index is -0.592. The Kier molecular flexibility index (Phi) is 2.72. The largest absolute Gasteiger partial charge is 0.504 e. The summed E-state index contributed by atoms with van der Waals surface area (Å²) < 4.78 is 18.4. The zero-order chi connectivity index (χ0) is 11.9. The fourth-order valence-corrected chi connectivity index (χ4v) is 2.28. The van der Waals surface area contributed by atoms with Gasteiger partial charge in [-0.2, -0.15) is 0 Å². The number of aromatic hydroxyl groups is 1. The maximum atomic E-state index is 13.5. The molecule has 1 aromatic rings. The number of nitrogens with two attached hydrogens (primary N) is 1. The van der Waals surface area contributed by atoms with Gasteiger partial charge in [0.1, 0.15) is 5.82 Å². The van der Waals surface area contributed by atoms with E-state index < -0.39 is 5.82 Å². The van der Waals surface area contributed by atoms with Crippen LogP contribution < -0.4 is 10.5 Å². The monoisotopic (exact) mass is 245 g/mol. The summed E-state index contributed by atoms with van der Waals surface area (Å²) in [4.78, 5) is 0. The van der Waals surface area contributed by atoms with Crippen molar-refractivity contribution in [3.8, 4) is 11.5 Å². The van der Waals surface area contributed by atoms with Gasteiger partial charge in [-0.15, -0.1) is 0 Å². The Labute approximate surface area is 98.0 Å². The normalized spacial score (nSPS) is 17.2. The van der Waals surface area contributed by atoms with E-state index in [0.29, 0.717) is 12.1 Å². The van der Waals surface area contributed by atoms with Crippen molar-refractivity contribution in [2.45, 2.75) is 18.3 Å². The fraction of sp³-hybridized carbons (Fsp3) is 0.455. The van der Waals surface area contributed by atoms with Gasteiger partial charge in [0.25, 0.3) is 0 Å². The third-order valence-corrected chi connectivity index (χ3v) is 3.52. The van der Waals surface area contributed by atoms with Gasteiger partial charge in [0, 0.05) is 23.6 Å². The second kappa shape index (κ2) is 3.79. The first kappa shape index (κ1) is 11.5. The van der Waals surface area contributed by atoms with E-state index >= 15 is 0 Å². The van der Waals surface area contributed by atoms with Crippen LogP contribution in [0.5, 0.6) is 11.5 Å². The van der Waals surface area contributed by atoms with E-state index in [1.165, 1.54) is 7.11 Å². The molecule has 16 heavy (non-hydrogen) atoms. The molecule has 0 spiro atoms. The molecule has 1 aromatic carbocycles. The topological polar surface area (TPSA) is 55.5 Å². The van der Waals surface area contributed by atoms with E-state index in [2.05, 4.69) is 0 Å². The third kappa shape index (κ3) is 1.53. The number of benzene rings is 1. The maximum Gasteiger partial charge on any atom is 0.163 e. The van der Waals surface area contributed by atoms with Gasteiger partial charge in [0.05, 0.1) is 12.1 Å². The molecule has 0 amide bonds. The predicted molar refractivity (Wildman–Crippen MR) is 59.6 cm³/mol. The Morgan fingerprint density at radius 3 is 2.69 bits per heavy atom. The first-order valence-electron chi connectivity index (χ1n) is 5.01. The molecule has 2 rings (SSSR count). The Bertz CT molecular complexity index is 432. The highest BCUT2D eigenvalue weighted by Gasteiger charge is 2.47. The Balaban J connectivity index is 2.63. The fourth-order valence-electron chi connectivity index (χ4n) is 1.94. The van der Waals surface area contributed by atoms with Crippen LogP contribution in [0, 0.1) is 5.82 Å². The number of phenolic OH excluding ortho intramolecular Hbond substituents is 1. The van der Waals surface area contributed by atoms with Crippen LogP contribution in [0.3, 0.4) is 0 Å². The van der Waals surface area contributed by atoms with Crippen molar-refractivity contribution in [1.82, 2.24) is 0 Å². The van der Waals surface area contributed by atoms with Crippen LogP contribution in [-0.2, 0) is 5.41 Å². The lowest BCUT2D eigenvalue weighted by Crippen LogP contribution is -2.20. The molecule has 0 bridgehead atoms. The summed E-state index contributed by atoms with van der Waals surface area (Å²) in [5.41, 5.74) is 5.65. The van der Waals surface area contributed by atoms with Crippen molar-refractivity contribution < 1.29 is 14.2 Å². The summed E-state index contributed by atoms with van der Waals surface area (Å²) in [7, 11) is 1.37. The number of hydrogen-bond donors (Lipinski definition) is 2. The zero-order valence-electron chi connectivity index (χ0n) is 8.89. The number of phenols is 1. The van der Waals surface area contributed by atoms with Gasteiger partial charge in [-0.1, -0.05) is 11.6 Å². The lowest BCUT2D eigenvalue weighted by Gasteiger charge is -2.18. The molecule has 3 nitrogen and oxygen atoms in total. The van der Waals surface area contributed by atoms with E-state index in [-0.39, 0.29) is 21.9 Å². The molecule has 1 fully saturated rings. The Hall–Kier alpha value is -1.00. The second-order valence-corrected chi connectivity index (χ2v) is 4.46. The number of ether oxygens (including phenoxy) is 1. The summed E-state index contributed by atoms with van der Waals surface area (Å²) in [6.45, 7) is 0.340. The number of halogens is 2. The minimum absolute atomic E-state index is 0.0544. The lowest BCUT2D eigenvalue weighted by atomic mass is 9.94. The molecule has 0 radical (unpaired) electrons. The van der Waals surface area contributed by atoms with Gasteiger partial charge in [-0.3, -0.25) is 0 Å². The van der Waals surface area contributed by atoms with Crippen LogP contribution >= 0.6 is 11.6 Å². The van der Waals surface area contributed by atoms with E-state index in [1.54, 1.807) is 0 Å². The van der Waals surface area contributed by atoms with E-state index in [0.717, 1.165) is 18.9 Å². The van der Waals surface area contributed by atoms with Gasteiger partial charge in [-0.25, -0.2) is 4.39 Å². The molecule has 1 saturated carbocycles. The molecule has 0 saturated heterocycles. The van der Waals surface area contributed by atoms with Gasteiger partial charge >= 0.3 is 0 Å². The van der Waals surface area contributed by atoms with Crippen LogP contribution in [0.15, 0.2) is 6.07 Å². The van der Waals surface area contributed by atoms with Crippen molar-refractivity contribution in [2.24, 2.45) is 5.73 Å². The highest BCUT2D eigenvalue weighted by atomic mass is 35.5. The first-order chi connectivity index (χ1) is 7.55. The van der Waals surface area contributed by atoms with Crippen LogP contribution in [0.4, 0.5) is 4.39 Å². The van der Waals surface area contributed by atoms with Crippen LogP contribution in [0.1, 0.15) is 18.4 Å². The minimum Gasteiger partial charge on any atom is -0.504 e. The summed E-state index contributed by atoms with van der Waals surface area (Å²) in [6, 6.07) is 1.08. The maximum absolute atomic E-state index is 13.5. The van der Waals surface area contributed by atoms with Gasteiger partial charge in [0.2, 0.25) is 0 Å². The Morgan fingerprint density at radius 2 is 2.25 bits per heavy atom. The molecule has 0 aromatic heterocycles. The Morgan fingerprint density at radius 1 is 1.62 bits per heavy atom. The average Bonchev–Trinajstić information content (AvgIpc) is 3.05. The summed E-state index contributed by atoms with van der Waals surface area (Å²) in [5, 5.41) is 9.91. The number of methoxy groups -OCH3 is 1. The van der Waals surface area contributed by atoms with E-state index in [4.69, 9.17) is 22.1 Å². The molecular weight excluding hydrogens is 233 g/mol. The molecule has 5 heteroatoms. The first-order valence-corrected chi connectivity index (χ1v) is 5.39. The van der Waals surface area contributed by atoms with Crippen molar-refractivity contribution in [2.75, 3.05) is 13.7 Å². The number of rotatable bonds is 3. The van der Waals surface area contributed by atoms with E-state index in [1.807, 2.05) is 0 Å². The zero-order valence-corrected chi connectivity index (χ0v) is 9.64. The van der Waals surface area contributed by atoms with Gasteiger partial charge in [0.15, 0.2) is 11.5 Å². The molecule has 0 heterocycles. The number of hydrogen-bond acceptors (Lipinski definition) is 3. The molecule has 1 aliphatic carbocycles. The van der Waals surface area contributed by atoms with Crippen molar-refractivity contribution >= 4 is 11.6 Å². The standard InChI is InChI=1S/C11H13ClFNO2/c1-16-7-4-6(13)9(12)8(10(7)15)11(5-14)2-3-11/h4,15H,2-3,5,14H2,1H3. The molecule has 0 unspecified atom stereocenters. The molecular formula is C11H13ClFNO2. The molecule has 3 N–H and O–H groups in total. The lowest BCUT2D eigenvalue weighted by molar-refractivity contribution is 0.364. The van der Waals surface area contributed by atoms with Crippen molar-refractivity contribution in [3.63, 3.8) is 0 Å². The second-order valence-electron chi connectivity index (χ2n) is 4.08. The van der Waals surface area contributed by atoms with Crippen LogP contribution in [-0.4, -0.2) is 18.8 Å². The molecule has 0 aliphatic heterocycles. The molecule has 0 atom stereocenters. The molecule has 88 valence electrons. The SMILES string of the molecule is COc1cc(F)c(Cl)c(C2(CN)CC2)c1O. The summed E-state index contributed by atoms with van der Waals surface area (Å²) in [6.07, 6.45) is 1.62. The van der Waals surface area contributed by atoms with E-state index in [9.17, 15) is 9.50 Å². The molecule has 1 aliphatic rings. The van der Waals surface area contributed by atoms with Crippen LogP contribution in [0.25, 0.3) is 0 Å². The summed E-state index contributed by atoms with van der Waals surface area (Å²) >= 11 is 5.88. The highest BCUT2D eigenvalue weighted by Crippen LogP contribution is 2.55. The van der Waals surface area contributed by atoms with Crippen LogP contribution in [0.2, 0.25) is 5.02 Å². The van der Waals surface area contributed by atoms with Gasteiger partial charge < -0.3 is 15.6 Å². The van der Waals surface area contributed by atoms with Crippen molar-refractivity contribution in [3.05, 3.63) is 22.5 Å².